The first-order chi connectivity index (χ1) is 14.9. The lowest BCUT2D eigenvalue weighted by molar-refractivity contribution is -0.113. The molecule has 3 aromatic carbocycles. The van der Waals surface area contributed by atoms with Gasteiger partial charge in [-0.15, -0.1) is 0 Å². The summed E-state index contributed by atoms with van der Waals surface area (Å²) in [4.78, 5) is 26.1. The molecule has 0 radical (unpaired) electrons. The van der Waals surface area contributed by atoms with Gasteiger partial charge in [-0.3, -0.25) is 4.79 Å². The lowest BCUT2D eigenvalue weighted by Gasteiger charge is -2.11. The van der Waals surface area contributed by atoms with Crippen molar-refractivity contribution in [3.8, 4) is 5.75 Å². The zero-order valence-electron chi connectivity index (χ0n) is 15.9. The molecule has 5 nitrogen and oxygen atoms in total. The van der Waals surface area contributed by atoms with E-state index in [0.717, 1.165) is 8.47 Å². The standard InChI is InChI=1S/C23H15ClFIN2O3/c24-16-6-8-17(9-7-16)28-22(29)20(27-23(28)30)12-14-5-10-21(19(26)11-14)31-13-15-3-1-2-4-18(15)25/h1-12H,13H2,(H,27,30)/b20-12+. The van der Waals surface area contributed by atoms with E-state index in [1.807, 2.05) is 6.07 Å². The fourth-order valence-electron chi connectivity index (χ4n) is 3.02. The van der Waals surface area contributed by atoms with Crippen LogP contribution in [-0.4, -0.2) is 11.9 Å². The predicted molar refractivity (Wildman–Crippen MR) is 125 cm³/mol. The molecule has 0 bridgehead atoms. The number of halogens is 3. The maximum absolute atomic E-state index is 13.8. The van der Waals surface area contributed by atoms with Gasteiger partial charge in [0.25, 0.3) is 5.91 Å². The van der Waals surface area contributed by atoms with Crippen LogP contribution < -0.4 is 15.0 Å². The van der Waals surface area contributed by atoms with E-state index in [2.05, 4.69) is 27.9 Å². The molecule has 0 unspecified atom stereocenters. The molecule has 31 heavy (non-hydrogen) atoms. The average Bonchev–Trinajstić information content (AvgIpc) is 3.02. The van der Waals surface area contributed by atoms with Crippen LogP contribution in [0.15, 0.2) is 72.4 Å². The van der Waals surface area contributed by atoms with Gasteiger partial charge in [0.05, 0.1) is 9.26 Å². The number of hydrogen-bond donors (Lipinski definition) is 1. The Morgan fingerprint density at radius 2 is 1.81 bits per heavy atom. The highest BCUT2D eigenvalue weighted by Crippen LogP contribution is 2.27. The molecule has 156 valence electrons. The third kappa shape index (κ3) is 4.72. The van der Waals surface area contributed by atoms with Crippen molar-refractivity contribution in [2.75, 3.05) is 4.90 Å². The number of hydrogen-bond acceptors (Lipinski definition) is 3. The molecule has 0 aliphatic carbocycles. The third-order valence-corrected chi connectivity index (χ3v) is 5.67. The van der Waals surface area contributed by atoms with Gasteiger partial charge in [-0.25, -0.2) is 14.1 Å². The second kappa shape index (κ2) is 9.07. The zero-order chi connectivity index (χ0) is 22.0. The van der Waals surface area contributed by atoms with Gasteiger partial charge in [-0.1, -0.05) is 35.9 Å². The molecule has 1 heterocycles. The Morgan fingerprint density at radius 3 is 2.52 bits per heavy atom. The molecular formula is C23H15ClFIN2O3. The van der Waals surface area contributed by atoms with Crippen molar-refractivity contribution in [3.05, 3.63) is 98.0 Å². The average molecular weight is 549 g/mol. The number of amides is 3. The normalized spacial score (nSPS) is 14.8. The SMILES string of the molecule is O=C1N/C(=C/c2ccc(OCc3ccccc3F)c(I)c2)C(=O)N1c1ccc(Cl)cc1. The van der Waals surface area contributed by atoms with Crippen LogP contribution in [-0.2, 0) is 11.4 Å². The number of imide groups is 1. The van der Waals surface area contributed by atoms with E-state index in [-0.39, 0.29) is 18.1 Å². The van der Waals surface area contributed by atoms with E-state index in [1.165, 1.54) is 6.07 Å². The second-order valence-electron chi connectivity index (χ2n) is 6.68. The van der Waals surface area contributed by atoms with Crippen LogP contribution in [0.1, 0.15) is 11.1 Å². The highest BCUT2D eigenvalue weighted by molar-refractivity contribution is 14.1. The van der Waals surface area contributed by atoms with Gasteiger partial charge in [-0.05, 0) is 76.7 Å². The summed E-state index contributed by atoms with van der Waals surface area (Å²) in [5, 5.41) is 3.10. The molecule has 0 saturated carbocycles. The minimum atomic E-state index is -0.530. The summed E-state index contributed by atoms with van der Waals surface area (Å²) in [6, 6.07) is 17.7. The predicted octanol–water partition coefficient (Wildman–Crippen LogP) is 5.76. The van der Waals surface area contributed by atoms with Gasteiger partial charge >= 0.3 is 6.03 Å². The maximum atomic E-state index is 13.8. The van der Waals surface area contributed by atoms with E-state index in [9.17, 15) is 14.0 Å². The van der Waals surface area contributed by atoms with Crippen LogP contribution in [0.25, 0.3) is 6.08 Å². The van der Waals surface area contributed by atoms with Crippen molar-refractivity contribution in [1.29, 1.82) is 0 Å². The summed E-state index contributed by atoms with van der Waals surface area (Å²) in [6.07, 6.45) is 1.60. The van der Waals surface area contributed by atoms with Crippen molar-refractivity contribution in [2.45, 2.75) is 6.61 Å². The van der Waals surface area contributed by atoms with Gasteiger partial charge in [0.2, 0.25) is 0 Å². The van der Waals surface area contributed by atoms with Gasteiger partial charge in [-0.2, -0.15) is 0 Å². The number of nitrogens with zero attached hydrogens (tertiary/aromatic N) is 1. The largest absolute Gasteiger partial charge is 0.488 e. The van der Waals surface area contributed by atoms with E-state index in [0.29, 0.717) is 27.6 Å². The molecular weight excluding hydrogens is 534 g/mol. The van der Waals surface area contributed by atoms with Crippen molar-refractivity contribution < 1.29 is 18.7 Å². The van der Waals surface area contributed by atoms with Crippen LogP contribution >= 0.6 is 34.2 Å². The molecule has 1 aliphatic rings. The summed E-state index contributed by atoms with van der Waals surface area (Å²) in [5.41, 5.74) is 1.77. The van der Waals surface area contributed by atoms with Crippen LogP contribution in [0.5, 0.6) is 5.75 Å². The van der Waals surface area contributed by atoms with Gasteiger partial charge in [0, 0.05) is 10.6 Å². The van der Waals surface area contributed by atoms with Gasteiger partial charge < -0.3 is 10.1 Å². The Bertz CT molecular complexity index is 1200. The minimum Gasteiger partial charge on any atom is -0.488 e. The topological polar surface area (TPSA) is 58.6 Å². The Morgan fingerprint density at radius 1 is 1.06 bits per heavy atom. The number of benzene rings is 3. The molecule has 1 fully saturated rings. The van der Waals surface area contributed by atoms with Crippen LogP contribution in [0.3, 0.4) is 0 Å². The Balaban J connectivity index is 1.50. The zero-order valence-corrected chi connectivity index (χ0v) is 18.9. The number of anilines is 1. The van der Waals surface area contributed by atoms with Crippen molar-refractivity contribution in [3.63, 3.8) is 0 Å². The highest BCUT2D eigenvalue weighted by atomic mass is 127. The van der Waals surface area contributed by atoms with Crippen LogP contribution in [0, 0.1) is 9.39 Å². The summed E-state index contributed by atoms with van der Waals surface area (Å²) in [6.45, 7) is 0.105. The number of carbonyl (C=O) groups is 2. The lowest BCUT2D eigenvalue weighted by atomic mass is 10.1. The molecule has 1 aliphatic heterocycles. The van der Waals surface area contributed by atoms with Gasteiger partial charge in [0.1, 0.15) is 23.9 Å². The van der Waals surface area contributed by atoms with Crippen molar-refractivity contribution >= 4 is 57.9 Å². The summed E-state index contributed by atoms with van der Waals surface area (Å²) < 4.78 is 20.3. The smallest absolute Gasteiger partial charge is 0.333 e. The van der Waals surface area contributed by atoms with E-state index in [4.69, 9.17) is 16.3 Å². The summed E-state index contributed by atoms with van der Waals surface area (Å²) in [7, 11) is 0. The summed E-state index contributed by atoms with van der Waals surface area (Å²) >= 11 is 7.98. The fraction of sp³-hybridized carbons (Fsp3) is 0.0435. The third-order valence-electron chi connectivity index (χ3n) is 4.57. The molecule has 8 heteroatoms. The number of nitrogens with one attached hydrogen (secondary N) is 1. The van der Waals surface area contributed by atoms with Crippen LogP contribution in [0.2, 0.25) is 5.02 Å². The number of rotatable bonds is 5. The Labute approximate surface area is 196 Å². The Hall–Kier alpha value is -2.91. The molecule has 4 rings (SSSR count). The number of ether oxygens (including phenoxy) is 1. The summed E-state index contributed by atoms with van der Waals surface area (Å²) in [5.74, 6) is -0.183. The van der Waals surface area contributed by atoms with Crippen molar-refractivity contribution in [1.82, 2.24) is 5.32 Å². The van der Waals surface area contributed by atoms with Gasteiger partial charge in [0.15, 0.2) is 0 Å². The molecule has 1 saturated heterocycles. The lowest BCUT2D eigenvalue weighted by Crippen LogP contribution is -2.30. The number of carbonyl (C=O) groups excluding carboxylic acids is 2. The molecule has 1 N–H and O–H groups in total. The molecule has 0 atom stereocenters. The van der Waals surface area contributed by atoms with E-state index >= 15 is 0 Å². The molecule has 3 aromatic rings. The molecule has 0 spiro atoms. The van der Waals surface area contributed by atoms with E-state index < -0.39 is 11.9 Å². The first-order valence-corrected chi connectivity index (χ1v) is 10.7. The van der Waals surface area contributed by atoms with Crippen LogP contribution in [0.4, 0.5) is 14.9 Å². The quantitative estimate of drug-likeness (QED) is 0.251. The molecule has 3 amide bonds. The van der Waals surface area contributed by atoms with E-state index in [1.54, 1.807) is 60.7 Å². The highest BCUT2D eigenvalue weighted by Gasteiger charge is 2.34. The first kappa shape index (κ1) is 21.3. The fourth-order valence-corrected chi connectivity index (χ4v) is 3.84. The monoisotopic (exact) mass is 548 g/mol. The first-order valence-electron chi connectivity index (χ1n) is 9.21. The van der Waals surface area contributed by atoms with Crippen molar-refractivity contribution in [2.24, 2.45) is 0 Å². The molecule has 0 aromatic heterocycles. The second-order valence-corrected chi connectivity index (χ2v) is 8.27. The minimum absolute atomic E-state index is 0.105. The maximum Gasteiger partial charge on any atom is 0.333 e. The Kier molecular flexibility index (Phi) is 6.24. The number of urea groups is 1.